The first-order valence-electron chi connectivity index (χ1n) is 9.65. The molecule has 1 unspecified atom stereocenters. The molecule has 1 aliphatic rings. The lowest BCUT2D eigenvalue weighted by molar-refractivity contribution is 0.0171. The van der Waals surface area contributed by atoms with Gasteiger partial charge in [0.1, 0.15) is 0 Å². The molecule has 156 valence electrons. The molecule has 7 nitrogen and oxygen atoms in total. The third-order valence-electron chi connectivity index (χ3n) is 3.83. The van der Waals surface area contributed by atoms with Gasteiger partial charge in [0.15, 0.2) is 5.96 Å². The number of unbranched alkanes of at least 4 members (excludes halogenated alkanes) is 1. The predicted octanol–water partition coefficient (Wildman–Crippen LogP) is 2.19. The summed E-state index contributed by atoms with van der Waals surface area (Å²) in [5.41, 5.74) is 0. The number of ether oxygens (including phenoxy) is 4. The predicted molar refractivity (Wildman–Crippen MR) is 116 cm³/mol. The highest BCUT2D eigenvalue weighted by atomic mass is 127. The van der Waals surface area contributed by atoms with Gasteiger partial charge in [0, 0.05) is 46.6 Å². The molecule has 8 heteroatoms. The average molecular weight is 487 g/mol. The zero-order valence-electron chi connectivity index (χ0n) is 16.5. The Morgan fingerprint density at radius 1 is 1.08 bits per heavy atom. The molecule has 0 amide bonds. The standard InChI is InChI=1S/C18H37N3O4.HI/c1-3-19-18(20-9-4-5-11-23-15-14-22-2)21-10-7-12-24-16-17-8-6-13-25-17;/h17H,3-16H2,1-2H3,(H2,19,20,21);1H. The summed E-state index contributed by atoms with van der Waals surface area (Å²) in [6.07, 6.45) is 5.62. The lowest BCUT2D eigenvalue weighted by atomic mass is 10.2. The first-order chi connectivity index (χ1) is 12.4. The second kappa shape index (κ2) is 19.6. The maximum absolute atomic E-state index is 5.65. The number of nitrogens with one attached hydrogen (secondary N) is 2. The summed E-state index contributed by atoms with van der Waals surface area (Å²) in [6.45, 7) is 9.05. The van der Waals surface area contributed by atoms with Gasteiger partial charge in [0.05, 0.1) is 25.9 Å². The van der Waals surface area contributed by atoms with E-state index in [0.717, 1.165) is 77.5 Å². The molecule has 0 bridgehead atoms. The number of hydrogen-bond acceptors (Lipinski definition) is 5. The molecule has 1 saturated heterocycles. The van der Waals surface area contributed by atoms with E-state index >= 15 is 0 Å². The normalized spacial score (nSPS) is 17.2. The van der Waals surface area contributed by atoms with Crippen LogP contribution in [0.3, 0.4) is 0 Å². The molecule has 2 N–H and O–H groups in total. The SMILES string of the molecule is CCNC(=NCCCOCC1CCCO1)NCCCCOCCOC.I. The first-order valence-corrected chi connectivity index (χ1v) is 9.65. The summed E-state index contributed by atoms with van der Waals surface area (Å²) < 4.78 is 21.6. The second-order valence-electron chi connectivity index (χ2n) is 6.06. The minimum Gasteiger partial charge on any atom is -0.382 e. The van der Waals surface area contributed by atoms with E-state index in [1.165, 1.54) is 0 Å². The van der Waals surface area contributed by atoms with E-state index in [2.05, 4.69) is 22.5 Å². The van der Waals surface area contributed by atoms with Crippen molar-refractivity contribution in [2.24, 2.45) is 4.99 Å². The Morgan fingerprint density at radius 3 is 2.65 bits per heavy atom. The quantitative estimate of drug-likeness (QED) is 0.160. The van der Waals surface area contributed by atoms with Gasteiger partial charge >= 0.3 is 0 Å². The summed E-state index contributed by atoms with van der Waals surface area (Å²) in [5.74, 6) is 0.877. The maximum atomic E-state index is 5.65. The van der Waals surface area contributed by atoms with Crippen LogP contribution < -0.4 is 10.6 Å². The van der Waals surface area contributed by atoms with Crippen LogP contribution in [0.1, 0.15) is 39.0 Å². The number of hydrogen-bond donors (Lipinski definition) is 2. The van der Waals surface area contributed by atoms with Crippen molar-refractivity contribution >= 4 is 29.9 Å². The van der Waals surface area contributed by atoms with E-state index in [0.29, 0.717) is 25.9 Å². The Bertz CT molecular complexity index is 330. The molecule has 0 aromatic carbocycles. The fourth-order valence-corrected chi connectivity index (χ4v) is 2.47. The largest absolute Gasteiger partial charge is 0.382 e. The van der Waals surface area contributed by atoms with Crippen LogP contribution in [0.5, 0.6) is 0 Å². The highest BCUT2D eigenvalue weighted by molar-refractivity contribution is 14.0. The number of halogens is 1. The smallest absolute Gasteiger partial charge is 0.191 e. The molecule has 26 heavy (non-hydrogen) atoms. The van der Waals surface area contributed by atoms with Crippen molar-refractivity contribution in [2.45, 2.75) is 45.1 Å². The maximum Gasteiger partial charge on any atom is 0.191 e. The highest BCUT2D eigenvalue weighted by Gasteiger charge is 2.14. The van der Waals surface area contributed by atoms with Crippen molar-refractivity contribution in [3.63, 3.8) is 0 Å². The first kappa shape index (κ1) is 25.8. The molecule has 0 aromatic rings. The Hall–Kier alpha value is -0.160. The molecule has 1 rings (SSSR count). The van der Waals surface area contributed by atoms with Crippen LogP contribution >= 0.6 is 24.0 Å². The third-order valence-corrected chi connectivity index (χ3v) is 3.83. The molecular formula is C18H38IN3O4. The van der Waals surface area contributed by atoms with E-state index in [4.69, 9.17) is 18.9 Å². The van der Waals surface area contributed by atoms with E-state index < -0.39 is 0 Å². The van der Waals surface area contributed by atoms with Crippen LogP contribution in [-0.4, -0.2) is 78.4 Å². The van der Waals surface area contributed by atoms with Crippen LogP contribution in [-0.2, 0) is 18.9 Å². The van der Waals surface area contributed by atoms with E-state index in [9.17, 15) is 0 Å². The Morgan fingerprint density at radius 2 is 1.92 bits per heavy atom. The van der Waals surface area contributed by atoms with E-state index in [-0.39, 0.29) is 24.0 Å². The second-order valence-corrected chi connectivity index (χ2v) is 6.06. The summed E-state index contributed by atoms with van der Waals surface area (Å²) in [5, 5.41) is 6.62. The summed E-state index contributed by atoms with van der Waals surface area (Å²) >= 11 is 0. The molecule has 1 fully saturated rings. The van der Waals surface area contributed by atoms with Gasteiger partial charge < -0.3 is 29.6 Å². The number of methoxy groups -OCH3 is 1. The van der Waals surface area contributed by atoms with Crippen LogP contribution in [0.4, 0.5) is 0 Å². The topological polar surface area (TPSA) is 73.3 Å². The van der Waals surface area contributed by atoms with Gasteiger partial charge in [-0.25, -0.2) is 0 Å². The minimum absolute atomic E-state index is 0. The van der Waals surface area contributed by atoms with Crippen molar-refractivity contribution in [1.82, 2.24) is 10.6 Å². The van der Waals surface area contributed by atoms with Crippen LogP contribution in [0.2, 0.25) is 0 Å². The van der Waals surface area contributed by atoms with Crippen LogP contribution in [0, 0.1) is 0 Å². The molecular weight excluding hydrogens is 449 g/mol. The molecule has 1 atom stereocenters. The van der Waals surface area contributed by atoms with Gasteiger partial charge in [-0.3, -0.25) is 4.99 Å². The lowest BCUT2D eigenvalue weighted by Gasteiger charge is -2.12. The zero-order chi connectivity index (χ0) is 18.0. The van der Waals surface area contributed by atoms with Crippen LogP contribution in [0.25, 0.3) is 0 Å². The summed E-state index contributed by atoms with van der Waals surface area (Å²) in [4.78, 5) is 4.58. The minimum atomic E-state index is 0. The number of nitrogens with zero attached hydrogens (tertiary/aromatic N) is 1. The molecule has 0 aromatic heterocycles. The summed E-state index contributed by atoms with van der Waals surface area (Å²) in [6, 6.07) is 0. The fraction of sp³-hybridized carbons (Fsp3) is 0.944. The van der Waals surface area contributed by atoms with Gasteiger partial charge in [-0.05, 0) is 39.0 Å². The van der Waals surface area contributed by atoms with Gasteiger partial charge in [-0.1, -0.05) is 0 Å². The average Bonchev–Trinajstić information content (AvgIpc) is 3.13. The van der Waals surface area contributed by atoms with E-state index in [1.54, 1.807) is 7.11 Å². The Kier molecular flexibility index (Phi) is 19.5. The fourth-order valence-electron chi connectivity index (χ4n) is 2.47. The number of aliphatic imine (C=N–C) groups is 1. The lowest BCUT2D eigenvalue weighted by Crippen LogP contribution is -2.38. The molecule has 1 aliphatic heterocycles. The van der Waals surface area contributed by atoms with Gasteiger partial charge in [-0.2, -0.15) is 0 Å². The third kappa shape index (κ3) is 15.0. The molecule has 0 aliphatic carbocycles. The summed E-state index contributed by atoms with van der Waals surface area (Å²) in [7, 11) is 1.69. The van der Waals surface area contributed by atoms with Crippen molar-refractivity contribution in [3.8, 4) is 0 Å². The van der Waals surface area contributed by atoms with Crippen molar-refractivity contribution < 1.29 is 18.9 Å². The van der Waals surface area contributed by atoms with Gasteiger partial charge in [0.2, 0.25) is 0 Å². The molecule has 0 radical (unpaired) electrons. The van der Waals surface area contributed by atoms with E-state index in [1.807, 2.05) is 0 Å². The number of guanidine groups is 1. The van der Waals surface area contributed by atoms with Gasteiger partial charge in [0.25, 0.3) is 0 Å². The Balaban J connectivity index is 0.00000625. The van der Waals surface area contributed by atoms with Crippen molar-refractivity contribution in [2.75, 3.05) is 66.4 Å². The van der Waals surface area contributed by atoms with Gasteiger partial charge in [-0.15, -0.1) is 24.0 Å². The monoisotopic (exact) mass is 487 g/mol. The molecule has 0 spiro atoms. The highest BCUT2D eigenvalue weighted by Crippen LogP contribution is 2.11. The molecule has 0 saturated carbocycles. The van der Waals surface area contributed by atoms with Crippen molar-refractivity contribution in [3.05, 3.63) is 0 Å². The Labute approximate surface area is 176 Å². The number of rotatable bonds is 15. The molecule has 1 heterocycles. The zero-order valence-corrected chi connectivity index (χ0v) is 18.8. The van der Waals surface area contributed by atoms with Crippen LogP contribution in [0.15, 0.2) is 4.99 Å². The van der Waals surface area contributed by atoms with Crippen molar-refractivity contribution in [1.29, 1.82) is 0 Å².